The van der Waals surface area contributed by atoms with Crippen LogP contribution in [0.15, 0.2) is 41.1 Å². The van der Waals surface area contributed by atoms with Crippen LogP contribution in [0.5, 0.6) is 0 Å². The van der Waals surface area contributed by atoms with E-state index in [4.69, 9.17) is 4.52 Å². The first-order valence-electron chi connectivity index (χ1n) is 10.4. The van der Waals surface area contributed by atoms with Crippen molar-refractivity contribution in [3.05, 3.63) is 65.2 Å². The fraction of sp³-hybridized carbons (Fsp3) is 0.364. The van der Waals surface area contributed by atoms with Crippen LogP contribution >= 0.6 is 0 Å². The van der Waals surface area contributed by atoms with Gasteiger partial charge in [0.15, 0.2) is 0 Å². The molecule has 0 atom stereocenters. The topological polar surface area (TPSA) is 84.5 Å². The van der Waals surface area contributed by atoms with Gasteiger partial charge in [-0.2, -0.15) is 5.10 Å². The first-order valence-corrected chi connectivity index (χ1v) is 10.4. The Kier molecular flexibility index (Phi) is 4.79. The molecule has 1 aromatic carbocycles. The Morgan fingerprint density at radius 1 is 1.16 bits per heavy atom. The van der Waals surface area contributed by atoms with Gasteiger partial charge in [0, 0.05) is 36.9 Å². The predicted octanol–water partition coefficient (Wildman–Crippen LogP) is 3.03. The monoisotopic (exact) mass is 441 g/mol. The number of likely N-dealkylation sites (tertiary alicyclic amines) is 1. The molecule has 1 fully saturated rings. The van der Waals surface area contributed by atoms with E-state index >= 15 is 0 Å². The summed E-state index contributed by atoms with van der Waals surface area (Å²) < 4.78 is 34.0. The van der Waals surface area contributed by atoms with Gasteiger partial charge < -0.3 is 9.42 Å². The van der Waals surface area contributed by atoms with Crippen molar-refractivity contribution in [2.45, 2.75) is 38.3 Å². The van der Waals surface area contributed by atoms with Gasteiger partial charge in [0.1, 0.15) is 28.9 Å². The normalized spacial score (nSPS) is 17.7. The zero-order valence-corrected chi connectivity index (χ0v) is 17.4. The zero-order chi connectivity index (χ0) is 22.5. The van der Waals surface area contributed by atoms with Gasteiger partial charge in [-0.25, -0.2) is 13.5 Å². The van der Waals surface area contributed by atoms with E-state index in [0.717, 1.165) is 18.2 Å². The minimum Gasteiger partial charge on any atom is -0.361 e. The molecule has 0 unspecified atom stereocenters. The van der Waals surface area contributed by atoms with Crippen molar-refractivity contribution < 1.29 is 22.9 Å². The molecule has 166 valence electrons. The Hall–Kier alpha value is -3.56. The number of anilines is 1. The van der Waals surface area contributed by atoms with Crippen LogP contribution in [-0.4, -0.2) is 44.7 Å². The molecule has 0 saturated carbocycles. The van der Waals surface area contributed by atoms with Crippen LogP contribution in [0.2, 0.25) is 0 Å². The number of aromatic nitrogens is 3. The van der Waals surface area contributed by atoms with Gasteiger partial charge in [-0.1, -0.05) is 5.16 Å². The summed E-state index contributed by atoms with van der Waals surface area (Å²) in [7, 11) is 0. The molecule has 0 aliphatic carbocycles. The predicted molar refractivity (Wildman–Crippen MR) is 109 cm³/mol. The van der Waals surface area contributed by atoms with Gasteiger partial charge in [-0.05, 0) is 31.9 Å². The number of halogens is 2. The molecule has 32 heavy (non-hydrogen) atoms. The Morgan fingerprint density at radius 3 is 2.53 bits per heavy atom. The van der Waals surface area contributed by atoms with Gasteiger partial charge in [-0.3, -0.25) is 14.5 Å². The van der Waals surface area contributed by atoms with Crippen LogP contribution in [-0.2, 0) is 16.9 Å². The maximum Gasteiger partial charge on any atom is 0.254 e. The summed E-state index contributed by atoms with van der Waals surface area (Å²) in [5.41, 5.74) is 0.0881. The number of hydrogen-bond acceptors (Lipinski definition) is 5. The van der Waals surface area contributed by atoms with Crippen LogP contribution < -0.4 is 4.90 Å². The van der Waals surface area contributed by atoms with E-state index in [-0.39, 0.29) is 24.4 Å². The van der Waals surface area contributed by atoms with Gasteiger partial charge >= 0.3 is 0 Å². The lowest BCUT2D eigenvalue weighted by Crippen LogP contribution is -2.54. The first-order chi connectivity index (χ1) is 15.3. The number of piperidine rings is 1. The molecule has 1 spiro atoms. The van der Waals surface area contributed by atoms with Crippen molar-refractivity contribution in [2.24, 2.45) is 0 Å². The SMILES string of the molecule is Cc1cc(CN2C(=O)CC3(CCN(C(=O)c4cc(F)cc(F)c4)CC3)n3nccc32)no1. The molecule has 0 N–H and O–H groups in total. The molecule has 8 nitrogen and oxygen atoms in total. The van der Waals surface area contributed by atoms with Crippen LogP contribution in [0.4, 0.5) is 14.6 Å². The second-order valence-corrected chi connectivity index (χ2v) is 8.36. The van der Waals surface area contributed by atoms with Crippen molar-refractivity contribution in [1.82, 2.24) is 19.8 Å². The Bertz CT molecular complexity index is 1180. The molecule has 2 aromatic heterocycles. The summed E-state index contributed by atoms with van der Waals surface area (Å²) in [5.74, 6) is -0.708. The fourth-order valence-corrected chi connectivity index (χ4v) is 4.64. The Balaban J connectivity index is 1.35. The summed E-state index contributed by atoms with van der Waals surface area (Å²) in [6, 6.07) is 6.39. The van der Waals surface area contributed by atoms with Gasteiger partial charge in [0.05, 0.1) is 24.7 Å². The van der Waals surface area contributed by atoms with E-state index < -0.39 is 23.1 Å². The average molecular weight is 441 g/mol. The lowest BCUT2D eigenvalue weighted by Gasteiger charge is -2.46. The van der Waals surface area contributed by atoms with Gasteiger partial charge in [-0.15, -0.1) is 0 Å². The molecule has 1 saturated heterocycles. The van der Waals surface area contributed by atoms with Gasteiger partial charge in [0.2, 0.25) is 5.91 Å². The second kappa shape index (κ2) is 7.54. The van der Waals surface area contributed by atoms with E-state index in [9.17, 15) is 18.4 Å². The van der Waals surface area contributed by atoms with E-state index in [0.29, 0.717) is 43.2 Å². The molecule has 2 aliphatic heterocycles. The number of carbonyl (C=O) groups is 2. The third-order valence-electron chi connectivity index (χ3n) is 6.22. The first kappa shape index (κ1) is 20.3. The van der Waals surface area contributed by atoms with Crippen LogP contribution in [0.1, 0.15) is 41.1 Å². The zero-order valence-electron chi connectivity index (χ0n) is 17.4. The lowest BCUT2D eigenvalue weighted by atomic mass is 9.82. The average Bonchev–Trinajstić information content (AvgIpc) is 3.40. The molecule has 0 radical (unpaired) electrons. The maximum absolute atomic E-state index is 13.5. The summed E-state index contributed by atoms with van der Waals surface area (Å²) in [6.45, 7) is 2.78. The third kappa shape index (κ3) is 3.45. The molecule has 2 amide bonds. The standard InChI is InChI=1S/C22H21F2N5O3/c1-14-8-18(26-32-14)13-28-19-2-5-25-29(19)22(12-20(28)30)3-6-27(7-4-22)21(31)15-9-16(23)11-17(24)10-15/h2,5,8-11H,3-4,6-7,12-13H2,1H3. The molecular formula is C22H21F2N5O3. The van der Waals surface area contributed by atoms with Crippen molar-refractivity contribution in [3.63, 3.8) is 0 Å². The molecule has 0 bridgehead atoms. The molecule has 10 heteroatoms. The number of hydrogen-bond donors (Lipinski definition) is 0. The number of fused-ring (bicyclic) bond motifs is 2. The van der Waals surface area contributed by atoms with E-state index in [1.54, 1.807) is 35.1 Å². The largest absolute Gasteiger partial charge is 0.361 e. The lowest BCUT2D eigenvalue weighted by molar-refractivity contribution is -0.123. The second-order valence-electron chi connectivity index (χ2n) is 8.36. The van der Waals surface area contributed by atoms with Crippen LogP contribution in [0, 0.1) is 18.6 Å². The van der Waals surface area contributed by atoms with Crippen molar-refractivity contribution >= 4 is 17.6 Å². The molecule has 3 aromatic rings. The number of aryl methyl sites for hydroxylation is 1. The van der Waals surface area contributed by atoms with Crippen molar-refractivity contribution in [2.75, 3.05) is 18.0 Å². The van der Waals surface area contributed by atoms with Crippen LogP contribution in [0.3, 0.4) is 0 Å². The van der Waals surface area contributed by atoms with E-state index in [2.05, 4.69) is 10.3 Å². The molecule has 2 aliphatic rings. The number of carbonyl (C=O) groups excluding carboxylic acids is 2. The summed E-state index contributed by atoms with van der Waals surface area (Å²) in [6.07, 6.45) is 2.92. The third-order valence-corrected chi connectivity index (χ3v) is 6.22. The van der Waals surface area contributed by atoms with E-state index in [1.165, 1.54) is 0 Å². The number of benzene rings is 1. The highest BCUT2D eigenvalue weighted by Gasteiger charge is 2.46. The maximum atomic E-state index is 13.5. The molecular weight excluding hydrogens is 420 g/mol. The summed E-state index contributed by atoms with van der Waals surface area (Å²) in [5, 5.41) is 8.47. The van der Waals surface area contributed by atoms with Crippen LogP contribution in [0.25, 0.3) is 0 Å². The Labute approximate surface area is 182 Å². The minimum absolute atomic E-state index is 0.0213. The van der Waals surface area contributed by atoms with E-state index in [1.807, 2.05) is 4.68 Å². The van der Waals surface area contributed by atoms with Crippen molar-refractivity contribution in [1.29, 1.82) is 0 Å². The number of rotatable bonds is 3. The summed E-state index contributed by atoms with van der Waals surface area (Å²) in [4.78, 5) is 29.1. The highest BCUT2D eigenvalue weighted by Crippen LogP contribution is 2.41. The molecule has 4 heterocycles. The van der Waals surface area contributed by atoms with Crippen molar-refractivity contribution in [3.8, 4) is 0 Å². The molecule has 5 rings (SSSR count). The highest BCUT2D eigenvalue weighted by atomic mass is 19.1. The fourth-order valence-electron chi connectivity index (χ4n) is 4.64. The summed E-state index contributed by atoms with van der Waals surface area (Å²) >= 11 is 0. The quantitative estimate of drug-likeness (QED) is 0.624. The Morgan fingerprint density at radius 2 is 1.88 bits per heavy atom. The number of nitrogens with zero attached hydrogens (tertiary/aromatic N) is 5. The highest BCUT2D eigenvalue weighted by molar-refractivity contribution is 5.95. The number of amides is 2. The van der Waals surface area contributed by atoms with Gasteiger partial charge in [0.25, 0.3) is 5.91 Å². The minimum atomic E-state index is -0.789. The smallest absolute Gasteiger partial charge is 0.254 e.